The Balaban J connectivity index is 1.53. The smallest absolute Gasteiger partial charge is 0.243 e. The van der Waals surface area contributed by atoms with Gasteiger partial charge in [-0.05, 0) is 56.4 Å². The van der Waals surface area contributed by atoms with Crippen molar-refractivity contribution in [2.75, 3.05) is 19.6 Å². The average Bonchev–Trinajstić information content (AvgIpc) is 2.69. The van der Waals surface area contributed by atoms with Gasteiger partial charge in [0, 0.05) is 30.0 Å². The SMILES string of the molecule is Cc1ccc(S(=O)(=O)N2CCC(C(=O)NCCc3ccccc3Br)CC2)c(C)c1. The Labute approximate surface area is 181 Å². The van der Waals surface area contributed by atoms with Crippen molar-refractivity contribution in [2.24, 2.45) is 5.92 Å². The second-order valence-corrected chi connectivity index (χ2v) is 10.3. The number of hydrogen-bond donors (Lipinski definition) is 1. The molecule has 1 saturated heterocycles. The highest BCUT2D eigenvalue weighted by Crippen LogP contribution is 2.26. The molecule has 5 nitrogen and oxygen atoms in total. The van der Waals surface area contributed by atoms with E-state index < -0.39 is 10.0 Å². The maximum atomic E-state index is 13.0. The van der Waals surface area contributed by atoms with Crippen LogP contribution in [0.15, 0.2) is 51.8 Å². The summed E-state index contributed by atoms with van der Waals surface area (Å²) in [6.45, 7) is 5.09. The monoisotopic (exact) mass is 478 g/mol. The van der Waals surface area contributed by atoms with E-state index in [2.05, 4.69) is 21.2 Å². The fourth-order valence-electron chi connectivity index (χ4n) is 3.75. The summed E-state index contributed by atoms with van der Waals surface area (Å²) in [5.41, 5.74) is 2.96. The molecular formula is C22H27BrN2O3S. The highest BCUT2D eigenvalue weighted by Gasteiger charge is 2.32. The normalized spacial score (nSPS) is 16.0. The third-order valence-corrected chi connectivity index (χ3v) is 8.26. The van der Waals surface area contributed by atoms with E-state index in [4.69, 9.17) is 0 Å². The minimum Gasteiger partial charge on any atom is -0.356 e. The minimum absolute atomic E-state index is 0.0145. The van der Waals surface area contributed by atoms with Crippen molar-refractivity contribution < 1.29 is 13.2 Å². The molecule has 2 aromatic carbocycles. The molecule has 1 fully saturated rings. The van der Waals surface area contributed by atoms with E-state index in [0.717, 1.165) is 27.6 Å². The van der Waals surface area contributed by atoms with Crippen molar-refractivity contribution in [1.29, 1.82) is 0 Å². The summed E-state index contributed by atoms with van der Waals surface area (Å²) in [4.78, 5) is 12.9. The van der Waals surface area contributed by atoms with Crippen molar-refractivity contribution in [3.8, 4) is 0 Å². The third kappa shape index (κ3) is 5.27. The first-order valence-electron chi connectivity index (χ1n) is 9.87. The van der Waals surface area contributed by atoms with E-state index in [0.29, 0.717) is 37.4 Å². The fraction of sp³-hybridized carbons (Fsp3) is 0.409. The van der Waals surface area contributed by atoms with Crippen LogP contribution >= 0.6 is 15.9 Å². The van der Waals surface area contributed by atoms with E-state index in [1.54, 1.807) is 6.07 Å². The number of nitrogens with one attached hydrogen (secondary N) is 1. The number of piperidine rings is 1. The maximum absolute atomic E-state index is 13.0. The number of nitrogens with zero attached hydrogens (tertiary/aromatic N) is 1. The average molecular weight is 479 g/mol. The molecule has 0 saturated carbocycles. The number of carbonyl (C=O) groups is 1. The largest absolute Gasteiger partial charge is 0.356 e. The van der Waals surface area contributed by atoms with Gasteiger partial charge in [-0.1, -0.05) is 51.8 Å². The molecule has 2 aromatic rings. The van der Waals surface area contributed by atoms with Crippen molar-refractivity contribution >= 4 is 31.9 Å². The van der Waals surface area contributed by atoms with Gasteiger partial charge in [-0.2, -0.15) is 4.31 Å². The van der Waals surface area contributed by atoms with Crippen LogP contribution in [0.25, 0.3) is 0 Å². The zero-order chi connectivity index (χ0) is 21.0. The van der Waals surface area contributed by atoms with Crippen LogP contribution in [-0.2, 0) is 21.2 Å². The molecule has 29 heavy (non-hydrogen) atoms. The van der Waals surface area contributed by atoms with Gasteiger partial charge in [0.2, 0.25) is 15.9 Å². The molecule has 0 aromatic heterocycles. The second kappa shape index (κ2) is 9.41. The van der Waals surface area contributed by atoms with E-state index in [1.165, 1.54) is 4.31 Å². The van der Waals surface area contributed by atoms with Gasteiger partial charge in [-0.3, -0.25) is 4.79 Å². The minimum atomic E-state index is -3.52. The number of hydrogen-bond acceptors (Lipinski definition) is 3. The van der Waals surface area contributed by atoms with Crippen LogP contribution in [0.3, 0.4) is 0 Å². The zero-order valence-electron chi connectivity index (χ0n) is 16.8. The molecular weight excluding hydrogens is 452 g/mol. The van der Waals surface area contributed by atoms with Gasteiger partial charge in [0.1, 0.15) is 0 Å². The van der Waals surface area contributed by atoms with E-state index in [9.17, 15) is 13.2 Å². The lowest BCUT2D eigenvalue weighted by molar-refractivity contribution is -0.126. The highest BCUT2D eigenvalue weighted by molar-refractivity contribution is 9.10. The zero-order valence-corrected chi connectivity index (χ0v) is 19.2. The number of rotatable bonds is 6. The van der Waals surface area contributed by atoms with Gasteiger partial charge in [0.25, 0.3) is 0 Å². The van der Waals surface area contributed by atoms with Crippen LogP contribution in [-0.4, -0.2) is 38.3 Å². The van der Waals surface area contributed by atoms with Crippen molar-refractivity contribution in [3.05, 3.63) is 63.6 Å². The van der Waals surface area contributed by atoms with Gasteiger partial charge >= 0.3 is 0 Å². The summed E-state index contributed by atoms with van der Waals surface area (Å²) in [6.07, 6.45) is 1.85. The quantitative estimate of drug-likeness (QED) is 0.685. The second-order valence-electron chi connectivity index (χ2n) is 7.58. The number of sulfonamides is 1. The van der Waals surface area contributed by atoms with Gasteiger partial charge in [0.15, 0.2) is 0 Å². The summed E-state index contributed by atoms with van der Waals surface area (Å²) >= 11 is 3.52. The molecule has 1 aliphatic heterocycles. The number of benzene rings is 2. The maximum Gasteiger partial charge on any atom is 0.243 e. The molecule has 0 unspecified atom stereocenters. The summed E-state index contributed by atoms with van der Waals surface area (Å²) in [5.74, 6) is -0.125. The summed E-state index contributed by atoms with van der Waals surface area (Å²) in [6, 6.07) is 13.4. The summed E-state index contributed by atoms with van der Waals surface area (Å²) in [5, 5.41) is 3.00. The molecule has 1 amide bonds. The lowest BCUT2D eigenvalue weighted by Gasteiger charge is -2.31. The molecule has 0 bridgehead atoms. The van der Waals surface area contributed by atoms with Crippen LogP contribution < -0.4 is 5.32 Å². The Morgan fingerprint density at radius 3 is 2.48 bits per heavy atom. The highest BCUT2D eigenvalue weighted by atomic mass is 79.9. The van der Waals surface area contributed by atoms with Crippen LogP contribution in [0.4, 0.5) is 0 Å². The molecule has 0 atom stereocenters. The van der Waals surface area contributed by atoms with Crippen molar-refractivity contribution in [2.45, 2.75) is 38.0 Å². The lowest BCUT2D eigenvalue weighted by Crippen LogP contribution is -2.43. The molecule has 0 aliphatic carbocycles. The predicted octanol–water partition coefficient (Wildman–Crippen LogP) is 3.83. The van der Waals surface area contributed by atoms with Crippen molar-refractivity contribution in [3.63, 3.8) is 0 Å². The molecule has 0 radical (unpaired) electrons. The first kappa shape index (κ1) is 22.0. The Morgan fingerprint density at radius 2 is 1.83 bits per heavy atom. The molecule has 3 rings (SSSR count). The third-order valence-electron chi connectivity index (χ3n) is 5.42. The topological polar surface area (TPSA) is 66.5 Å². The first-order valence-corrected chi connectivity index (χ1v) is 12.1. The Morgan fingerprint density at radius 1 is 1.14 bits per heavy atom. The molecule has 7 heteroatoms. The van der Waals surface area contributed by atoms with E-state index in [-0.39, 0.29) is 11.8 Å². The molecule has 0 spiro atoms. The number of aryl methyl sites for hydroxylation is 2. The van der Waals surface area contributed by atoms with E-state index in [1.807, 2.05) is 50.2 Å². The predicted molar refractivity (Wildman–Crippen MR) is 118 cm³/mol. The van der Waals surface area contributed by atoms with Gasteiger partial charge in [0.05, 0.1) is 4.90 Å². The molecule has 1 heterocycles. The van der Waals surface area contributed by atoms with Crippen LogP contribution in [0, 0.1) is 19.8 Å². The summed E-state index contributed by atoms with van der Waals surface area (Å²) in [7, 11) is -3.52. The molecule has 156 valence electrons. The van der Waals surface area contributed by atoms with Gasteiger partial charge in [-0.25, -0.2) is 8.42 Å². The standard InChI is InChI=1S/C22H27BrN2O3S/c1-16-7-8-21(17(2)15-16)29(27,28)25-13-10-19(11-14-25)22(26)24-12-9-18-5-3-4-6-20(18)23/h3-8,15,19H,9-14H2,1-2H3,(H,24,26). The van der Waals surface area contributed by atoms with Crippen molar-refractivity contribution in [1.82, 2.24) is 9.62 Å². The molecule has 1 aliphatic rings. The summed E-state index contributed by atoms with van der Waals surface area (Å²) < 4.78 is 28.5. The number of amides is 1. The Kier molecular flexibility index (Phi) is 7.14. The van der Waals surface area contributed by atoms with Gasteiger partial charge < -0.3 is 5.32 Å². The fourth-order valence-corrected chi connectivity index (χ4v) is 5.91. The van der Waals surface area contributed by atoms with Crippen LogP contribution in [0.5, 0.6) is 0 Å². The first-order chi connectivity index (χ1) is 13.8. The Hall–Kier alpha value is -1.70. The van der Waals surface area contributed by atoms with E-state index >= 15 is 0 Å². The van der Waals surface area contributed by atoms with Gasteiger partial charge in [-0.15, -0.1) is 0 Å². The number of halogens is 1. The number of carbonyl (C=O) groups excluding carboxylic acids is 1. The van der Waals surface area contributed by atoms with Crippen LogP contribution in [0.2, 0.25) is 0 Å². The molecule has 1 N–H and O–H groups in total. The van der Waals surface area contributed by atoms with Crippen LogP contribution in [0.1, 0.15) is 29.5 Å². The Bertz CT molecular complexity index is 983. The lowest BCUT2D eigenvalue weighted by atomic mass is 9.97.